The van der Waals surface area contributed by atoms with Crippen LogP contribution in [0.2, 0.25) is 0 Å². The average molecular weight is 1000 g/mol. The van der Waals surface area contributed by atoms with E-state index in [0.717, 1.165) is 57.8 Å². The van der Waals surface area contributed by atoms with E-state index in [0.29, 0.717) is 37.0 Å². The van der Waals surface area contributed by atoms with Gasteiger partial charge in [0.2, 0.25) is 0 Å². The molecule has 0 aromatic carbocycles. The van der Waals surface area contributed by atoms with Gasteiger partial charge in [-0.3, -0.25) is 38.7 Å². The van der Waals surface area contributed by atoms with Crippen molar-refractivity contribution >= 4 is 29.8 Å². The number of hydrogen-bond acceptors (Lipinski definition) is 13. The first-order valence-electron chi connectivity index (χ1n) is 28.2. The van der Waals surface area contributed by atoms with E-state index in [-0.39, 0.29) is 57.2 Å². The van der Waals surface area contributed by atoms with Crippen LogP contribution in [0, 0.1) is 17.8 Å². The Balaban J connectivity index is 2.19. The summed E-state index contributed by atoms with van der Waals surface area (Å²) in [5.41, 5.74) is -3.79. The molecule has 0 spiro atoms. The maximum atomic E-state index is 14.8. The second-order valence-corrected chi connectivity index (χ2v) is 26.5. The molecule has 3 atom stereocenters. The zero-order valence-corrected chi connectivity index (χ0v) is 48.0. The fraction of sp³-hybridized carbons (Fsp3) is 0.914. The van der Waals surface area contributed by atoms with Crippen LogP contribution in [0.4, 0.5) is 0 Å². The van der Waals surface area contributed by atoms with Crippen molar-refractivity contribution in [3.63, 3.8) is 0 Å². The summed E-state index contributed by atoms with van der Waals surface area (Å²) < 4.78 is 30.4. The van der Waals surface area contributed by atoms with Crippen LogP contribution in [0.3, 0.4) is 0 Å². The van der Waals surface area contributed by atoms with Crippen molar-refractivity contribution in [1.29, 1.82) is 0 Å². The summed E-state index contributed by atoms with van der Waals surface area (Å²) in [7, 11) is 0. The van der Waals surface area contributed by atoms with Crippen LogP contribution in [0.5, 0.6) is 0 Å². The lowest BCUT2D eigenvalue weighted by atomic mass is 9.85. The van der Waals surface area contributed by atoms with E-state index in [1.807, 2.05) is 114 Å². The van der Waals surface area contributed by atoms with Crippen molar-refractivity contribution in [2.45, 2.75) is 285 Å². The first-order valence-corrected chi connectivity index (χ1v) is 28.2. The molecule has 0 unspecified atom stereocenters. The number of rotatable bonds is 25. The van der Waals surface area contributed by atoms with Crippen LogP contribution >= 0.6 is 0 Å². The smallest absolute Gasteiger partial charge is 0.323 e. The van der Waals surface area contributed by atoms with Crippen molar-refractivity contribution in [2.75, 3.05) is 39.3 Å². The Morgan fingerprint density at radius 3 is 0.817 bits per heavy atom. The van der Waals surface area contributed by atoms with Gasteiger partial charge >= 0.3 is 29.8 Å². The highest BCUT2D eigenvalue weighted by molar-refractivity contribution is 5.79. The van der Waals surface area contributed by atoms with Gasteiger partial charge in [-0.15, -0.1) is 0 Å². The third kappa shape index (κ3) is 26.8. The van der Waals surface area contributed by atoms with Gasteiger partial charge in [-0.05, 0) is 160 Å². The summed E-state index contributed by atoms with van der Waals surface area (Å²) >= 11 is 0. The summed E-state index contributed by atoms with van der Waals surface area (Å²) in [5.74, 6) is -0.551. The third-order valence-electron chi connectivity index (χ3n) is 13.9. The molecule has 13 heteroatoms. The van der Waals surface area contributed by atoms with Crippen LogP contribution in [-0.4, -0.2) is 130 Å². The van der Waals surface area contributed by atoms with Crippen molar-refractivity contribution < 1.29 is 47.7 Å². The lowest BCUT2D eigenvalue weighted by Crippen LogP contribution is -2.55. The van der Waals surface area contributed by atoms with Crippen molar-refractivity contribution in [2.24, 2.45) is 17.8 Å². The lowest BCUT2D eigenvalue weighted by Gasteiger charge is -2.39. The second kappa shape index (κ2) is 28.8. The molecular weight excluding hydrogens is 899 g/mol. The first kappa shape index (κ1) is 62.5. The van der Waals surface area contributed by atoms with E-state index in [2.05, 4.69) is 4.90 Å². The van der Waals surface area contributed by atoms with E-state index in [4.69, 9.17) is 23.7 Å². The molecule has 0 aromatic rings. The van der Waals surface area contributed by atoms with Crippen LogP contribution in [0.15, 0.2) is 0 Å². The minimum Gasteiger partial charge on any atom is -0.459 e. The lowest BCUT2D eigenvalue weighted by molar-refractivity contribution is -0.167. The zero-order chi connectivity index (χ0) is 53.2. The quantitative estimate of drug-likeness (QED) is 0.0633. The van der Waals surface area contributed by atoms with Crippen LogP contribution < -0.4 is 0 Å². The maximum Gasteiger partial charge on any atom is 0.323 e. The summed E-state index contributed by atoms with van der Waals surface area (Å²) in [6.45, 7) is 28.6. The van der Waals surface area contributed by atoms with Gasteiger partial charge in [-0.1, -0.05) is 96.3 Å². The fourth-order valence-electron chi connectivity index (χ4n) is 10.8. The fourth-order valence-corrected chi connectivity index (χ4v) is 10.8. The Bertz CT molecular complexity index is 1520. The normalized spacial score (nSPS) is 18.8. The molecule has 3 rings (SSSR count). The van der Waals surface area contributed by atoms with E-state index in [1.54, 1.807) is 0 Å². The Morgan fingerprint density at radius 2 is 0.577 bits per heavy atom. The molecule has 0 amide bonds. The molecule has 412 valence electrons. The highest BCUT2D eigenvalue weighted by Gasteiger charge is 2.39. The topological polar surface area (TPSA) is 141 Å². The molecule has 71 heavy (non-hydrogen) atoms. The summed E-state index contributed by atoms with van der Waals surface area (Å²) in [4.78, 5) is 77.6. The number of hydrogen-bond donors (Lipinski definition) is 0. The molecule has 0 N–H and O–H groups in total. The Kier molecular flexibility index (Phi) is 25.3. The molecule has 13 nitrogen and oxygen atoms in total. The molecule has 3 fully saturated rings. The van der Waals surface area contributed by atoms with Gasteiger partial charge in [0.15, 0.2) is 0 Å². The second-order valence-electron chi connectivity index (χ2n) is 26.5. The molecule has 3 aliphatic rings. The molecule has 0 aliphatic heterocycles. The van der Waals surface area contributed by atoms with Gasteiger partial charge in [0.25, 0.3) is 0 Å². The SMILES string of the molecule is CC(C)(C)OC(=O)CN(CCN(CCN(CC(=O)OC(C)(C)C)[C@@H](CCC1CCCCC1)C(=O)OC(C)(C)C)[C@@H](CCC1CCCCC1)C(=O)OC(C)(C)C)[C@@H](CCC1CCCCC1)C(=O)OC(C)(C)C. The molecule has 0 radical (unpaired) electrons. The Hall–Kier alpha value is -2.77. The standard InChI is InChI=1S/C58H105N3O10/c1-54(2,3)67-49(62)41-60(47(52(65)70-57(10,11)12)35-32-44-27-21-17-22-28-44)39-37-59(46(51(64)69-56(7,8)9)34-31-43-25-19-16-20-26-43)38-40-61(42-50(63)68-55(4,5)6)48(53(66)71-58(13,14)15)36-33-45-29-23-18-24-30-45/h43-48H,16-42H2,1-15H3/t46-,47-,48-/m0/s1. The molecule has 0 saturated heterocycles. The molecule has 3 saturated carbocycles. The molecule has 3 aliphatic carbocycles. The summed E-state index contributed by atoms with van der Waals surface area (Å²) in [6.07, 6.45) is 21.5. The maximum absolute atomic E-state index is 14.8. The van der Waals surface area contributed by atoms with Gasteiger partial charge in [-0.25, -0.2) is 0 Å². The predicted octanol–water partition coefficient (Wildman–Crippen LogP) is 11.8. The van der Waals surface area contributed by atoms with Gasteiger partial charge < -0.3 is 23.7 Å². The number of ether oxygens (including phenoxy) is 5. The molecule has 0 heterocycles. The van der Waals surface area contributed by atoms with Gasteiger partial charge in [0.05, 0.1) is 13.1 Å². The monoisotopic (exact) mass is 1000 g/mol. The minimum absolute atomic E-state index is 0.147. The molecule has 0 aromatic heterocycles. The minimum atomic E-state index is -0.765. The number of carbonyl (C=O) groups is 5. The van der Waals surface area contributed by atoms with Crippen molar-refractivity contribution in [1.82, 2.24) is 14.7 Å². The number of esters is 5. The highest BCUT2D eigenvalue weighted by atomic mass is 16.6. The number of nitrogens with zero attached hydrogens (tertiary/aromatic N) is 3. The predicted molar refractivity (Wildman–Crippen MR) is 283 cm³/mol. The molecule has 0 bridgehead atoms. The molecular formula is C58H105N3O10. The largest absolute Gasteiger partial charge is 0.459 e. The van der Waals surface area contributed by atoms with Gasteiger partial charge in [0.1, 0.15) is 46.1 Å². The summed E-state index contributed by atoms with van der Waals surface area (Å²) in [6, 6.07) is -2.17. The summed E-state index contributed by atoms with van der Waals surface area (Å²) in [5, 5.41) is 0. The van der Waals surface area contributed by atoms with Crippen LogP contribution in [-0.2, 0) is 47.7 Å². The van der Waals surface area contributed by atoms with Gasteiger partial charge in [-0.2, -0.15) is 0 Å². The van der Waals surface area contributed by atoms with Crippen molar-refractivity contribution in [3.05, 3.63) is 0 Å². The first-order chi connectivity index (χ1) is 32.9. The number of carbonyl (C=O) groups excluding carboxylic acids is 5. The Morgan fingerprint density at radius 1 is 0.352 bits per heavy atom. The average Bonchev–Trinajstić information content (AvgIpc) is 3.22. The Labute approximate surface area is 432 Å². The van der Waals surface area contributed by atoms with E-state index in [9.17, 15) is 24.0 Å². The highest BCUT2D eigenvalue weighted by Crippen LogP contribution is 2.33. The van der Waals surface area contributed by atoms with Crippen LogP contribution in [0.1, 0.15) is 239 Å². The zero-order valence-electron chi connectivity index (χ0n) is 48.0. The third-order valence-corrected chi connectivity index (χ3v) is 13.9. The van der Waals surface area contributed by atoms with Crippen LogP contribution in [0.25, 0.3) is 0 Å². The van der Waals surface area contributed by atoms with Crippen molar-refractivity contribution in [3.8, 4) is 0 Å². The van der Waals surface area contributed by atoms with E-state index < -0.39 is 58.1 Å². The van der Waals surface area contributed by atoms with Gasteiger partial charge in [0, 0.05) is 26.2 Å². The van der Waals surface area contributed by atoms with E-state index >= 15 is 0 Å². The van der Waals surface area contributed by atoms with E-state index in [1.165, 1.54) is 57.8 Å².